The van der Waals surface area contributed by atoms with Gasteiger partial charge in [0.15, 0.2) is 6.27 Å². The van der Waals surface area contributed by atoms with Crippen LogP contribution >= 0.6 is 0 Å². The molecule has 0 amide bonds. The average molecular weight is 108 g/mol. The van der Waals surface area contributed by atoms with Crippen molar-refractivity contribution < 1.29 is 10.2 Å². The normalized spacial score (nSPS) is 46.9. The topological polar surface area (TPSA) is 3.24 Å². The number of hydrogen-bond acceptors (Lipinski definition) is 1. The van der Waals surface area contributed by atoms with Crippen molar-refractivity contribution in [2.75, 3.05) is 6.54 Å². The maximum atomic E-state index is 12.2. The molecule has 0 bridgehead atoms. The quantitative estimate of drug-likeness (QED) is 0.333. The van der Waals surface area contributed by atoms with Crippen LogP contribution in [0.1, 0.15) is 14.2 Å². The summed E-state index contributed by atoms with van der Waals surface area (Å²) in [5.41, 5.74) is 0. The average Bonchev–Trinajstić information content (AvgIpc) is 1.86. The van der Waals surface area contributed by atoms with Crippen LogP contribution in [-0.2, 0) is 0 Å². The molecule has 1 rings (SSSR count). The van der Waals surface area contributed by atoms with Gasteiger partial charge >= 0.3 is 0 Å². The Hall–Kier alpha value is -0.180. The van der Waals surface area contributed by atoms with E-state index in [0.717, 1.165) is 0 Å². The summed E-state index contributed by atoms with van der Waals surface area (Å²) in [7, 11) is 0. The van der Waals surface area contributed by atoms with E-state index in [1.165, 1.54) is 0 Å². The van der Waals surface area contributed by atoms with E-state index in [0.29, 0.717) is 6.42 Å². The summed E-state index contributed by atoms with van der Waals surface area (Å²) in [5.74, 6) is 0. The Kier molecular flexibility index (Phi) is 0.938. The van der Waals surface area contributed by atoms with Gasteiger partial charge in [0.2, 0.25) is 0 Å². The van der Waals surface area contributed by atoms with Crippen LogP contribution < -0.4 is 0 Å². The lowest BCUT2D eigenvalue weighted by Crippen LogP contribution is -2.14. The highest BCUT2D eigenvalue weighted by Gasteiger charge is 2.22. The van der Waals surface area contributed by atoms with Gasteiger partial charge in [0.1, 0.15) is 0 Å². The monoisotopic (exact) mass is 108 g/mol. The smallest absolute Gasteiger partial charge is 0.180 e. The SMILES string of the molecule is [2H]C1(F)CCCN1F. The number of alkyl halides is 1. The molecule has 1 aliphatic heterocycles. The van der Waals surface area contributed by atoms with E-state index in [1.807, 2.05) is 0 Å². The van der Waals surface area contributed by atoms with Gasteiger partial charge in [-0.2, -0.15) is 0 Å². The third-order valence-corrected chi connectivity index (χ3v) is 1.00. The number of rotatable bonds is 0. The Morgan fingerprint density at radius 3 is 2.71 bits per heavy atom. The molecule has 0 saturated carbocycles. The Morgan fingerprint density at radius 1 is 1.86 bits per heavy atom. The molecule has 1 saturated heterocycles. The van der Waals surface area contributed by atoms with Crippen LogP contribution in [0.15, 0.2) is 0 Å². The molecular weight excluding hydrogens is 100 g/mol. The predicted octanol–water partition coefficient (Wildman–Crippen LogP) is 1.26. The fourth-order valence-corrected chi connectivity index (χ4v) is 0.606. The summed E-state index contributed by atoms with van der Waals surface area (Å²) in [6, 6.07) is 0. The first-order chi connectivity index (χ1) is 3.63. The number of nitrogens with zero attached hydrogens (tertiary/aromatic N) is 1. The molecule has 1 unspecified atom stereocenters. The maximum Gasteiger partial charge on any atom is 0.180 e. The van der Waals surface area contributed by atoms with Crippen molar-refractivity contribution >= 4 is 0 Å². The van der Waals surface area contributed by atoms with Crippen molar-refractivity contribution in [3.05, 3.63) is 0 Å². The highest BCUT2D eigenvalue weighted by Crippen LogP contribution is 2.17. The molecule has 1 nitrogen and oxygen atoms in total. The summed E-state index contributed by atoms with van der Waals surface area (Å²) in [5, 5.41) is -0.0764. The van der Waals surface area contributed by atoms with Gasteiger partial charge in [-0.3, -0.25) is 0 Å². The molecule has 0 aromatic carbocycles. The Morgan fingerprint density at radius 2 is 2.57 bits per heavy atom. The van der Waals surface area contributed by atoms with Crippen molar-refractivity contribution in [1.82, 2.24) is 5.12 Å². The van der Waals surface area contributed by atoms with Crippen LogP contribution in [-0.4, -0.2) is 17.9 Å². The van der Waals surface area contributed by atoms with Crippen molar-refractivity contribution in [3.63, 3.8) is 0 Å². The van der Waals surface area contributed by atoms with Crippen molar-refractivity contribution in [2.45, 2.75) is 19.1 Å². The van der Waals surface area contributed by atoms with Gasteiger partial charge in [0.05, 0.1) is 1.37 Å². The molecule has 3 heteroatoms. The van der Waals surface area contributed by atoms with Crippen LogP contribution in [0.4, 0.5) is 8.87 Å². The van der Waals surface area contributed by atoms with E-state index in [2.05, 4.69) is 0 Å². The zero-order valence-electron chi connectivity index (χ0n) is 4.82. The second-order valence-corrected chi connectivity index (χ2v) is 1.57. The fraction of sp³-hybridized carbons (Fsp3) is 1.00. The summed E-state index contributed by atoms with van der Waals surface area (Å²) in [4.78, 5) is 0. The van der Waals surface area contributed by atoms with Crippen LogP contribution in [0.2, 0.25) is 0 Å². The summed E-state index contributed by atoms with van der Waals surface area (Å²) in [6.45, 7) is 0.0556. The van der Waals surface area contributed by atoms with Crippen LogP contribution in [0.3, 0.4) is 0 Å². The molecule has 0 aliphatic carbocycles. The van der Waals surface area contributed by atoms with Crippen molar-refractivity contribution in [1.29, 1.82) is 0 Å². The third kappa shape index (κ3) is 0.881. The highest BCUT2D eigenvalue weighted by atomic mass is 19.2. The van der Waals surface area contributed by atoms with E-state index < -0.39 is 6.27 Å². The van der Waals surface area contributed by atoms with E-state index in [4.69, 9.17) is 1.37 Å². The molecule has 1 heterocycles. The molecule has 1 atom stereocenters. The third-order valence-electron chi connectivity index (χ3n) is 1.00. The zero-order chi connectivity index (χ0) is 6.20. The minimum absolute atomic E-state index is 0.0104. The first-order valence-corrected chi connectivity index (χ1v) is 2.25. The molecule has 0 spiro atoms. The van der Waals surface area contributed by atoms with Crippen molar-refractivity contribution in [3.8, 4) is 0 Å². The second kappa shape index (κ2) is 1.74. The molecule has 1 aliphatic rings. The fourth-order valence-electron chi connectivity index (χ4n) is 0.606. The highest BCUT2D eigenvalue weighted by molar-refractivity contribution is 4.61. The lowest BCUT2D eigenvalue weighted by Gasteiger charge is -2.01. The van der Waals surface area contributed by atoms with Crippen LogP contribution in [0.25, 0.3) is 0 Å². The summed E-state index contributed by atoms with van der Waals surface area (Å²) in [6.07, 6.45) is -2.00. The lowest BCUT2D eigenvalue weighted by molar-refractivity contribution is -0.0464. The van der Waals surface area contributed by atoms with Gasteiger partial charge in [-0.15, -0.1) is 9.60 Å². The first kappa shape index (κ1) is 3.78. The molecule has 0 radical (unpaired) electrons. The van der Waals surface area contributed by atoms with E-state index in [9.17, 15) is 8.87 Å². The standard InChI is InChI=1S/C4H7F2N/c5-4-2-1-3-7(4)6/h4H,1-3H2/i4D. The Bertz CT molecular complexity index is 96.0. The van der Waals surface area contributed by atoms with Gasteiger partial charge in [-0.1, -0.05) is 0 Å². The molecular formula is C4H7F2N. The van der Waals surface area contributed by atoms with E-state index in [-0.39, 0.29) is 18.1 Å². The predicted molar refractivity (Wildman–Crippen MR) is 21.9 cm³/mol. The van der Waals surface area contributed by atoms with Gasteiger partial charge in [-0.05, 0) is 12.8 Å². The van der Waals surface area contributed by atoms with Crippen molar-refractivity contribution in [2.24, 2.45) is 0 Å². The van der Waals surface area contributed by atoms with Gasteiger partial charge in [0, 0.05) is 6.54 Å². The first-order valence-electron chi connectivity index (χ1n) is 2.75. The largest absolute Gasteiger partial charge is 0.228 e. The van der Waals surface area contributed by atoms with E-state index in [1.54, 1.807) is 0 Å². The molecule has 42 valence electrons. The molecule has 0 N–H and O–H groups in total. The van der Waals surface area contributed by atoms with Gasteiger partial charge < -0.3 is 0 Å². The number of hydrogen-bond donors (Lipinski definition) is 0. The lowest BCUT2D eigenvalue weighted by atomic mass is 10.4. The van der Waals surface area contributed by atoms with E-state index >= 15 is 0 Å². The minimum Gasteiger partial charge on any atom is -0.228 e. The molecule has 1 fully saturated rings. The zero-order valence-corrected chi connectivity index (χ0v) is 3.82. The van der Waals surface area contributed by atoms with Gasteiger partial charge in [0.25, 0.3) is 0 Å². The van der Waals surface area contributed by atoms with Gasteiger partial charge in [-0.25, -0.2) is 4.39 Å². The molecule has 0 aromatic rings. The maximum absolute atomic E-state index is 12.2. The molecule has 0 aromatic heterocycles. The van der Waals surface area contributed by atoms with Crippen LogP contribution in [0.5, 0.6) is 0 Å². The van der Waals surface area contributed by atoms with Crippen LogP contribution in [0, 0.1) is 0 Å². The summed E-state index contributed by atoms with van der Waals surface area (Å²) < 4.78 is 30.8. The molecule has 7 heavy (non-hydrogen) atoms. The Balaban J connectivity index is 2.54. The number of halogens is 2. The second-order valence-electron chi connectivity index (χ2n) is 1.57. The summed E-state index contributed by atoms with van der Waals surface area (Å²) >= 11 is 0. The Labute approximate surface area is 42.3 Å². The minimum atomic E-state index is -2.43.